The van der Waals surface area contributed by atoms with Crippen molar-refractivity contribution < 1.29 is 8.42 Å². The minimum atomic E-state index is -2.78. The maximum atomic E-state index is 11.9. The zero-order valence-electron chi connectivity index (χ0n) is 16.9. The molecule has 2 atom stereocenters. The molecule has 1 aromatic carbocycles. The molecule has 3 nitrogen and oxygen atoms in total. The predicted octanol–water partition coefficient (Wildman–Crippen LogP) is 4.06. The lowest BCUT2D eigenvalue weighted by Crippen LogP contribution is -2.31. The first-order valence-electron chi connectivity index (χ1n) is 10.2. The Labute approximate surface area is 160 Å². The molecule has 0 unspecified atom stereocenters. The monoisotopic (exact) mass is 377 g/mol. The number of nitrogens with zero attached hydrogens (tertiary/aromatic N) is 1. The molecular weight excluding hydrogens is 342 g/mol. The number of hydrogen-bond acceptors (Lipinski definition) is 3. The number of benzene rings is 1. The highest BCUT2D eigenvalue weighted by atomic mass is 32.2. The van der Waals surface area contributed by atoms with Gasteiger partial charge in [-0.15, -0.1) is 0 Å². The SMILES string of the molecule is CCC(C)(C)c1ccc(C[C@@H](C)CN2CC[C@@]3(CCS(=O)(=O)C3)C2)cc1. The molecule has 0 bridgehead atoms. The standard InChI is InChI=1S/C22H35NO2S/c1-5-21(3,4)20-8-6-19(7-9-20)14-18(2)15-23-12-10-22(16-23)11-13-26(24,25)17-22/h6-9,18H,5,10-17H2,1-4H3/t18-,22-/m1/s1. The molecule has 4 heteroatoms. The van der Waals surface area contributed by atoms with Crippen molar-refractivity contribution in [3.05, 3.63) is 35.4 Å². The van der Waals surface area contributed by atoms with Crippen LogP contribution in [0.2, 0.25) is 0 Å². The third-order valence-electron chi connectivity index (χ3n) is 6.76. The molecule has 2 aliphatic rings. The van der Waals surface area contributed by atoms with E-state index in [0.717, 1.165) is 45.3 Å². The average Bonchev–Trinajstić information content (AvgIpc) is 3.10. The highest BCUT2D eigenvalue weighted by Gasteiger charge is 2.46. The topological polar surface area (TPSA) is 37.4 Å². The molecule has 0 aliphatic carbocycles. The first-order valence-corrected chi connectivity index (χ1v) is 12.0. The lowest BCUT2D eigenvalue weighted by molar-refractivity contribution is 0.249. The van der Waals surface area contributed by atoms with Gasteiger partial charge in [-0.3, -0.25) is 0 Å². The van der Waals surface area contributed by atoms with Gasteiger partial charge in [-0.2, -0.15) is 0 Å². The number of likely N-dealkylation sites (tertiary alicyclic amines) is 1. The summed E-state index contributed by atoms with van der Waals surface area (Å²) >= 11 is 0. The van der Waals surface area contributed by atoms with Crippen molar-refractivity contribution in [1.29, 1.82) is 0 Å². The van der Waals surface area contributed by atoms with Gasteiger partial charge in [-0.05, 0) is 60.1 Å². The van der Waals surface area contributed by atoms with Crippen LogP contribution in [0.4, 0.5) is 0 Å². The summed E-state index contributed by atoms with van der Waals surface area (Å²) in [5.74, 6) is 1.41. The second kappa shape index (κ2) is 7.27. The molecular formula is C22H35NO2S. The van der Waals surface area contributed by atoms with Gasteiger partial charge in [0.1, 0.15) is 0 Å². The van der Waals surface area contributed by atoms with Crippen LogP contribution < -0.4 is 0 Å². The van der Waals surface area contributed by atoms with Crippen molar-refractivity contribution in [3.8, 4) is 0 Å². The highest BCUT2D eigenvalue weighted by Crippen LogP contribution is 2.41. The number of sulfone groups is 1. The quantitative estimate of drug-likeness (QED) is 0.750. The fourth-order valence-electron chi connectivity index (χ4n) is 4.69. The molecule has 3 rings (SSSR count). The molecule has 26 heavy (non-hydrogen) atoms. The largest absolute Gasteiger partial charge is 0.302 e. The van der Waals surface area contributed by atoms with E-state index in [1.807, 2.05) is 0 Å². The Hall–Kier alpha value is -0.870. The van der Waals surface area contributed by atoms with Crippen LogP contribution in [-0.2, 0) is 21.7 Å². The summed E-state index contributed by atoms with van der Waals surface area (Å²) in [6, 6.07) is 9.16. The molecule has 0 N–H and O–H groups in total. The van der Waals surface area contributed by atoms with E-state index < -0.39 is 9.84 Å². The van der Waals surface area contributed by atoms with Crippen LogP contribution in [0.3, 0.4) is 0 Å². The maximum Gasteiger partial charge on any atom is 0.150 e. The van der Waals surface area contributed by atoms with E-state index in [2.05, 4.69) is 56.9 Å². The first kappa shape index (κ1) is 19.9. The summed E-state index contributed by atoms with van der Waals surface area (Å²) in [5.41, 5.74) is 3.13. The van der Waals surface area contributed by atoms with Gasteiger partial charge in [0.15, 0.2) is 9.84 Å². The molecule has 1 spiro atoms. The van der Waals surface area contributed by atoms with Crippen LogP contribution in [0.5, 0.6) is 0 Å². The van der Waals surface area contributed by atoms with Crippen LogP contribution in [-0.4, -0.2) is 44.5 Å². The minimum absolute atomic E-state index is 0.0614. The Morgan fingerprint density at radius 2 is 1.88 bits per heavy atom. The fraction of sp³-hybridized carbons (Fsp3) is 0.727. The third kappa shape index (κ3) is 4.51. The Balaban J connectivity index is 1.53. The van der Waals surface area contributed by atoms with E-state index in [4.69, 9.17) is 0 Å². The lowest BCUT2D eigenvalue weighted by atomic mass is 9.82. The van der Waals surface area contributed by atoms with Gasteiger partial charge in [-0.1, -0.05) is 52.0 Å². The van der Waals surface area contributed by atoms with Gasteiger partial charge < -0.3 is 4.90 Å². The summed E-state index contributed by atoms with van der Waals surface area (Å²) in [4.78, 5) is 2.50. The van der Waals surface area contributed by atoms with Crippen LogP contribution in [0.15, 0.2) is 24.3 Å². The van der Waals surface area contributed by atoms with Crippen molar-refractivity contribution in [2.45, 2.75) is 58.8 Å². The lowest BCUT2D eigenvalue weighted by Gasteiger charge is -2.25. The summed E-state index contributed by atoms with van der Waals surface area (Å²) in [5, 5.41) is 0. The predicted molar refractivity (Wildman–Crippen MR) is 109 cm³/mol. The molecule has 2 aliphatic heterocycles. The van der Waals surface area contributed by atoms with Gasteiger partial charge in [0.25, 0.3) is 0 Å². The molecule has 2 fully saturated rings. The first-order chi connectivity index (χ1) is 12.1. The zero-order valence-corrected chi connectivity index (χ0v) is 17.7. The van der Waals surface area contributed by atoms with Gasteiger partial charge >= 0.3 is 0 Å². The van der Waals surface area contributed by atoms with Crippen molar-refractivity contribution in [1.82, 2.24) is 4.90 Å². The van der Waals surface area contributed by atoms with Crippen LogP contribution in [0.25, 0.3) is 0 Å². The van der Waals surface area contributed by atoms with Crippen molar-refractivity contribution in [2.75, 3.05) is 31.1 Å². The second-order valence-corrected chi connectivity index (χ2v) is 11.8. The third-order valence-corrected chi connectivity index (χ3v) is 8.64. The highest BCUT2D eigenvalue weighted by molar-refractivity contribution is 7.91. The van der Waals surface area contributed by atoms with Crippen molar-refractivity contribution in [2.24, 2.45) is 11.3 Å². The molecule has 0 aromatic heterocycles. The Bertz CT molecular complexity index is 723. The van der Waals surface area contributed by atoms with E-state index in [1.54, 1.807) is 0 Å². The van der Waals surface area contributed by atoms with E-state index in [0.29, 0.717) is 17.4 Å². The van der Waals surface area contributed by atoms with Gasteiger partial charge in [0.05, 0.1) is 11.5 Å². The Kier molecular flexibility index (Phi) is 5.56. The minimum Gasteiger partial charge on any atom is -0.302 e. The summed E-state index contributed by atoms with van der Waals surface area (Å²) in [6.07, 6.45) is 4.17. The zero-order chi connectivity index (χ0) is 19.0. The smallest absolute Gasteiger partial charge is 0.150 e. The molecule has 2 heterocycles. The van der Waals surface area contributed by atoms with Gasteiger partial charge in [-0.25, -0.2) is 8.42 Å². The Morgan fingerprint density at radius 3 is 2.46 bits per heavy atom. The normalized spacial score (nSPS) is 27.2. The molecule has 0 radical (unpaired) electrons. The maximum absolute atomic E-state index is 11.9. The van der Waals surface area contributed by atoms with Crippen LogP contribution in [0.1, 0.15) is 58.1 Å². The molecule has 1 aromatic rings. The second-order valence-electron chi connectivity index (χ2n) is 9.57. The van der Waals surface area contributed by atoms with Crippen molar-refractivity contribution in [3.63, 3.8) is 0 Å². The average molecular weight is 378 g/mol. The van der Waals surface area contributed by atoms with Crippen LogP contribution in [0, 0.1) is 11.3 Å². The molecule has 0 saturated carbocycles. The number of hydrogen-bond donors (Lipinski definition) is 0. The molecule has 2 saturated heterocycles. The van der Waals surface area contributed by atoms with Gasteiger partial charge in [0.2, 0.25) is 0 Å². The van der Waals surface area contributed by atoms with Crippen LogP contribution >= 0.6 is 0 Å². The molecule has 146 valence electrons. The number of rotatable bonds is 6. The fourth-order valence-corrected chi connectivity index (χ4v) is 6.89. The van der Waals surface area contributed by atoms with Gasteiger partial charge in [0, 0.05) is 13.1 Å². The van der Waals surface area contributed by atoms with E-state index in [9.17, 15) is 8.42 Å². The van der Waals surface area contributed by atoms with Crippen molar-refractivity contribution >= 4 is 9.84 Å². The summed E-state index contributed by atoms with van der Waals surface area (Å²) < 4.78 is 23.7. The van der Waals surface area contributed by atoms with E-state index in [1.165, 1.54) is 11.1 Å². The summed E-state index contributed by atoms with van der Waals surface area (Å²) in [7, 11) is -2.78. The molecule has 0 amide bonds. The van der Waals surface area contributed by atoms with E-state index >= 15 is 0 Å². The van der Waals surface area contributed by atoms with E-state index in [-0.39, 0.29) is 10.8 Å². The summed E-state index contributed by atoms with van der Waals surface area (Å²) in [6.45, 7) is 12.3. The Morgan fingerprint density at radius 1 is 1.19 bits per heavy atom.